The van der Waals surface area contributed by atoms with Crippen LogP contribution in [-0.4, -0.2) is 29.5 Å². The zero-order chi connectivity index (χ0) is 13.7. The highest BCUT2D eigenvalue weighted by Gasteiger charge is 2.22. The van der Waals surface area contributed by atoms with Gasteiger partial charge in [-0.25, -0.2) is 4.98 Å². The van der Waals surface area contributed by atoms with Crippen molar-refractivity contribution in [2.24, 2.45) is 5.92 Å². The van der Waals surface area contributed by atoms with Crippen LogP contribution in [0.2, 0.25) is 0 Å². The molecule has 0 radical (unpaired) electrons. The fraction of sp³-hybridized carbons (Fsp3) is 0.800. The lowest BCUT2D eigenvalue weighted by molar-refractivity contribution is 0.156. The molecule has 108 valence electrons. The Kier molecular flexibility index (Phi) is 5.79. The van der Waals surface area contributed by atoms with Crippen molar-refractivity contribution in [3.63, 3.8) is 0 Å². The molecule has 2 unspecified atom stereocenters. The molecule has 1 aromatic heterocycles. The van der Waals surface area contributed by atoms with Crippen LogP contribution in [0, 0.1) is 5.92 Å². The second-order valence-electron chi connectivity index (χ2n) is 5.85. The molecule has 0 spiro atoms. The first-order chi connectivity index (χ1) is 9.19. The number of nitrogens with one attached hydrogen (secondary N) is 1. The zero-order valence-electron chi connectivity index (χ0n) is 12.5. The highest BCUT2D eigenvalue weighted by atomic mass is 32.1. The molecule has 1 saturated carbocycles. The van der Waals surface area contributed by atoms with Crippen molar-refractivity contribution in [3.8, 4) is 0 Å². The zero-order valence-corrected chi connectivity index (χ0v) is 13.3. The summed E-state index contributed by atoms with van der Waals surface area (Å²) in [6.45, 7) is 7.43. The lowest BCUT2D eigenvalue weighted by Gasteiger charge is -2.33. The number of aromatic nitrogens is 1. The summed E-state index contributed by atoms with van der Waals surface area (Å²) in [6, 6.07) is 0.752. The molecule has 0 bridgehead atoms. The van der Waals surface area contributed by atoms with Crippen LogP contribution in [0.3, 0.4) is 0 Å². The molecular weight excluding hydrogens is 254 g/mol. The molecule has 2 rings (SSSR count). The quantitative estimate of drug-likeness (QED) is 0.867. The van der Waals surface area contributed by atoms with Gasteiger partial charge in [0.05, 0.1) is 5.69 Å². The fourth-order valence-electron chi connectivity index (χ4n) is 2.92. The SMILES string of the molecule is CCNCc1nc(CN(C)C2CCCC(C)C2)cs1. The van der Waals surface area contributed by atoms with Gasteiger partial charge < -0.3 is 5.32 Å². The maximum Gasteiger partial charge on any atom is 0.107 e. The summed E-state index contributed by atoms with van der Waals surface area (Å²) in [5.41, 5.74) is 1.23. The van der Waals surface area contributed by atoms with Crippen LogP contribution in [0.1, 0.15) is 50.2 Å². The Labute approximate surface area is 121 Å². The predicted molar refractivity (Wildman–Crippen MR) is 82.4 cm³/mol. The van der Waals surface area contributed by atoms with E-state index in [1.54, 1.807) is 11.3 Å². The highest BCUT2D eigenvalue weighted by Crippen LogP contribution is 2.27. The van der Waals surface area contributed by atoms with E-state index in [1.807, 2.05) is 0 Å². The minimum Gasteiger partial charge on any atom is -0.311 e. The van der Waals surface area contributed by atoms with Gasteiger partial charge >= 0.3 is 0 Å². The summed E-state index contributed by atoms with van der Waals surface area (Å²) in [5.74, 6) is 0.890. The molecule has 0 aliphatic heterocycles. The van der Waals surface area contributed by atoms with Gasteiger partial charge in [-0.15, -0.1) is 11.3 Å². The normalized spacial score (nSPS) is 24.0. The van der Waals surface area contributed by atoms with Crippen LogP contribution in [0.4, 0.5) is 0 Å². The maximum absolute atomic E-state index is 4.72. The third kappa shape index (κ3) is 4.55. The van der Waals surface area contributed by atoms with Gasteiger partial charge in [-0.2, -0.15) is 0 Å². The summed E-state index contributed by atoms with van der Waals surface area (Å²) >= 11 is 1.78. The molecular formula is C15H27N3S. The first-order valence-electron chi connectivity index (χ1n) is 7.53. The summed E-state index contributed by atoms with van der Waals surface area (Å²) in [7, 11) is 2.26. The molecule has 1 aromatic rings. The molecule has 1 N–H and O–H groups in total. The van der Waals surface area contributed by atoms with E-state index in [0.717, 1.165) is 31.6 Å². The Bertz CT molecular complexity index is 377. The van der Waals surface area contributed by atoms with E-state index < -0.39 is 0 Å². The van der Waals surface area contributed by atoms with Crippen LogP contribution >= 0.6 is 11.3 Å². The fourth-order valence-corrected chi connectivity index (χ4v) is 3.68. The second-order valence-corrected chi connectivity index (χ2v) is 6.80. The summed E-state index contributed by atoms with van der Waals surface area (Å²) in [6.07, 6.45) is 5.51. The van der Waals surface area contributed by atoms with E-state index in [9.17, 15) is 0 Å². The van der Waals surface area contributed by atoms with Crippen LogP contribution < -0.4 is 5.32 Å². The smallest absolute Gasteiger partial charge is 0.107 e. The van der Waals surface area contributed by atoms with Crippen LogP contribution in [0.15, 0.2) is 5.38 Å². The topological polar surface area (TPSA) is 28.2 Å². The largest absolute Gasteiger partial charge is 0.311 e. The van der Waals surface area contributed by atoms with E-state index >= 15 is 0 Å². The number of rotatable bonds is 6. The van der Waals surface area contributed by atoms with E-state index in [2.05, 4.69) is 36.5 Å². The van der Waals surface area contributed by atoms with E-state index in [-0.39, 0.29) is 0 Å². The van der Waals surface area contributed by atoms with Crippen molar-refractivity contribution in [2.45, 2.75) is 58.7 Å². The van der Waals surface area contributed by atoms with Crippen molar-refractivity contribution < 1.29 is 0 Å². The van der Waals surface area contributed by atoms with Crippen LogP contribution in [0.5, 0.6) is 0 Å². The molecule has 1 aliphatic carbocycles. The Morgan fingerprint density at radius 3 is 3.05 bits per heavy atom. The van der Waals surface area contributed by atoms with Gasteiger partial charge in [0.25, 0.3) is 0 Å². The van der Waals surface area contributed by atoms with Crippen molar-refractivity contribution >= 4 is 11.3 Å². The average molecular weight is 281 g/mol. The number of hydrogen-bond donors (Lipinski definition) is 1. The first kappa shape index (κ1) is 14.9. The van der Waals surface area contributed by atoms with Gasteiger partial charge in [0.1, 0.15) is 5.01 Å². The average Bonchev–Trinajstić information content (AvgIpc) is 2.84. The highest BCUT2D eigenvalue weighted by molar-refractivity contribution is 7.09. The van der Waals surface area contributed by atoms with Crippen molar-refractivity contribution in [3.05, 3.63) is 16.1 Å². The van der Waals surface area contributed by atoms with Crippen LogP contribution in [0.25, 0.3) is 0 Å². The first-order valence-corrected chi connectivity index (χ1v) is 8.41. The molecule has 4 heteroatoms. The Morgan fingerprint density at radius 1 is 1.47 bits per heavy atom. The Hall–Kier alpha value is -0.450. The van der Waals surface area contributed by atoms with Crippen molar-refractivity contribution in [1.29, 1.82) is 0 Å². The molecule has 0 saturated heterocycles. The molecule has 2 atom stereocenters. The minimum atomic E-state index is 0.752. The molecule has 3 nitrogen and oxygen atoms in total. The number of hydrogen-bond acceptors (Lipinski definition) is 4. The third-order valence-electron chi connectivity index (χ3n) is 4.07. The lowest BCUT2D eigenvalue weighted by Crippen LogP contribution is -2.35. The van der Waals surface area contributed by atoms with Gasteiger partial charge in [0.2, 0.25) is 0 Å². The van der Waals surface area contributed by atoms with Crippen LogP contribution in [-0.2, 0) is 13.1 Å². The van der Waals surface area contributed by atoms with Crippen molar-refractivity contribution in [2.75, 3.05) is 13.6 Å². The Morgan fingerprint density at radius 2 is 2.32 bits per heavy atom. The van der Waals surface area contributed by atoms with Gasteiger partial charge in [0.15, 0.2) is 0 Å². The molecule has 1 aliphatic rings. The molecule has 1 heterocycles. The van der Waals surface area contributed by atoms with Gasteiger partial charge in [-0.1, -0.05) is 26.7 Å². The van der Waals surface area contributed by atoms with Gasteiger partial charge in [0, 0.05) is 24.5 Å². The molecule has 0 amide bonds. The maximum atomic E-state index is 4.72. The minimum absolute atomic E-state index is 0.752. The van der Waals surface area contributed by atoms with Gasteiger partial charge in [-0.05, 0) is 32.4 Å². The van der Waals surface area contributed by atoms with E-state index in [0.29, 0.717) is 0 Å². The number of thiazole rings is 1. The monoisotopic (exact) mass is 281 g/mol. The molecule has 1 fully saturated rings. The van der Waals surface area contributed by atoms with E-state index in [1.165, 1.54) is 36.4 Å². The standard InChI is InChI=1S/C15H27N3S/c1-4-16-9-15-17-13(11-19-15)10-18(3)14-7-5-6-12(2)8-14/h11-12,14,16H,4-10H2,1-3H3. The second kappa shape index (κ2) is 7.36. The van der Waals surface area contributed by atoms with Gasteiger partial charge in [-0.3, -0.25) is 4.90 Å². The predicted octanol–water partition coefficient (Wildman–Crippen LogP) is 3.26. The van der Waals surface area contributed by atoms with E-state index in [4.69, 9.17) is 4.98 Å². The summed E-state index contributed by atoms with van der Waals surface area (Å²) < 4.78 is 0. The summed E-state index contributed by atoms with van der Waals surface area (Å²) in [4.78, 5) is 7.22. The third-order valence-corrected chi connectivity index (χ3v) is 4.97. The molecule has 0 aromatic carbocycles. The van der Waals surface area contributed by atoms with Crippen molar-refractivity contribution in [1.82, 2.24) is 15.2 Å². The lowest BCUT2D eigenvalue weighted by atomic mass is 9.86. The number of nitrogens with zero attached hydrogens (tertiary/aromatic N) is 2. The molecule has 19 heavy (non-hydrogen) atoms. The summed E-state index contributed by atoms with van der Waals surface area (Å²) in [5, 5.41) is 6.76. The Balaban J connectivity index is 1.84.